The van der Waals surface area contributed by atoms with E-state index in [1.807, 2.05) is 30.3 Å². The first-order chi connectivity index (χ1) is 12.6. The van der Waals surface area contributed by atoms with E-state index < -0.39 is 12.2 Å². The van der Waals surface area contributed by atoms with Gasteiger partial charge in [-0.05, 0) is 11.6 Å². The van der Waals surface area contributed by atoms with Gasteiger partial charge in [0, 0.05) is 16.8 Å². The van der Waals surface area contributed by atoms with E-state index in [1.165, 1.54) is 28.4 Å². The molecule has 0 amide bonds. The van der Waals surface area contributed by atoms with Crippen LogP contribution in [0.5, 0.6) is 0 Å². The van der Waals surface area contributed by atoms with Crippen LogP contribution in [0.2, 0.25) is 0 Å². The highest BCUT2D eigenvalue weighted by molar-refractivity contribution is 7.98. The van der Waals surface area contributed by atoms with Crippen molar-refractivity contribution in [1.29, 1.82) is 0 Å². The van der Waals surface area contributed by atoms with Crippen LogP contribution < -0.4 is 0 Å². The number of hydrogen-bond acceptors (Lipinski definition) is 5. The molecule has 0 bridgehead atoms. The Bertz CT molecular complexity index is 1050. The van der Waals surface area contributed by atoms with Crippen LogP contribution in [0.1, 0.15) is 17.0 Å². The molecular weight excluding hydrogens is 381 g/mol. The zero-order valence-electron chi connectivity index (χ0n) is 13.1. The van der Waals surface area contributed by atoms with Crippen LogP contribution in [-0.2, 0) is 5.75 Å². The number of aromatic nitrogens is 4. The van der Waals surface area contributed by atoms with Crippen molar-refractivity contribution in [1.82, 2.24) is 19.6 Å². The van der Waals surface area contributed by atoms with Gasteiger partial charge in [0.2, 0.25) is 0 Å². The Morgan fingerprint density at radius 1 is 1.15 bits per heavy atom. The molecule has 3 heterocycles. The molecule has 3 aromatic heterocycles. The number of imidazole rings is 1. The van der Waals surface area contributed by atoms with E-state index in [0.717, 1.165) is 16.9 Å². The van der Waals surface area contributed by atoms with Crippen molar-refractivity contribution < 1.29 is 13.2 Å². The smallest absolute Gasteiger partial charge is 0.291 e. The van der Waals surface area contributed by atoms with Crippen molar-refractivity contribution in [2.24, 2.45) is 0 Å². The Labute approximate surface area is 154 Å². The average molecular weight is 392 g/mol. The number of fused-ring (bicyclic) bond motifs is 1. The fourth-order valence-electron chi connectivity index (χ4n) is 2.43. The van der Waals surface area contributed by atoms with Gasteiger partial charge in [0.25, 0.3) is 6.43 Å². The van der Waals surface area contributed by atoms with E-state index >= 15 is 0 Å². The maximum absolute atomic E-state index is 14.4. The third-order valence-electron chi connectivity index (χ3n) is 3.63. The molecule has 4 rings (SSSR count). The van der Waals surface area contributed by atoms with Gasteiger partial charge in [-0.3, -0.25) is 4.40 Å². The largest absolute Gasteiger partial charge is 0.294 e. The molecule has 0 saturated carbocycles. The second-order valence-electron chi connectivity index (χ2n) is 5.38. The summed E-state index contributed by atoms with van der Waals surface area (Å²) in [5.74, 6) is 0.206. The van der Waals surface area contributed by atoms with Crippen LogP contribution in [-0.4, -0.2) is 19.6 Å². The number of thioether (sulfide) groups is 1. The summed E-state index contributed by atoms with van der Waals surface area (Å²) in [6.07, 6.45) is 0.464. The molecule has 1 aromatic carbocycles. The van der Waals surface area contributed by atoms with Crippen molar-refractivity contribution in [3.8, 4) is 10.7 Å². The van der Waals surface area contributed by atoms with E-state index in [-0.39, 0.29) is 15.7 Å². The molecule has 0 fully saturated rings. The highest BCUT2D eigenvalue weighted by Crippen LogP contribution is 2.31. The number of nitrogens with zero attached hydrogens (tertiary/aromatic N) is 4. The molecule has 0 aliphatic carbocycles. The summed E-state index contributed by atoms with van der Waals surface area (Å²) in [6.45, 7) is 0. The second-order valence-corrected chi connectivity index (χ2v) is 7.44. The van der Waals surface area contributed by atoms with E-state index in [1.54, 1.807) is 6.20 Å². The normalized spacial score (nSPS) is 11.5. The van der Waals surface area contributed by atoms with Crippen LogP contribution in [0.25, 0.3) is 16.3 Å². The topological polar surface area (TPSA) is 43.1 Å². The predicted molar refractivity (Wildman–Crippen MR) is 95.0 cm³/mol. The molecule has 0 atom stereocenters. The standard InChI is InChI=1S/C17H11F3N4S2/c18-12-6-11(25-9-10-4-2-1-3-5-10)8-24-13(7-21-15(12)24)16-22-23-17(26-16)14(19)20/h1-8,14H,9H2. The van der Waals surface area contributed by atoms with Crippen LogP contribution in [0.4, 0.5) is 13.2 Å². The summed E-state index contributed by atoms with van der Waals surface area (Å²) in [5, 5.41) is 7.16. The number of halogens is 3. The zero-order valence-corrected chi connectivity index (χ0v) is 14.8. The van der Waals surface area contributed by atoms with E-state index in [9.17, 15) is 13.2 Å². The maximum atomic E-state index is 14.4. The quantitative estimate of drug-likeness (QED) is 0.437. The van der Waals surface area contributed by atoms with Crippen molar-refractivity contribution in [3.63, 3.8) is 0 Å². The Morgan fingerprint density at radius 2 is 1.96 bits per heavy atom. The van der Waals surface area contributed by atoms with Crippen molar-refractivity contribution in [2.75, 3.05) is 0 Å². The van der Waals surface area contributed by atoms with Crippen LogP contribution in [0, 0.1) is 5.82 Å². The Hall–Kier alpha value is -2.39. The SMILES string of the molecule is Fc1cc(SCc2ccccc2)cn2c(-c3nnc(C(F)F)s3)cnc12. The molecule has 0 spiro atoms. The third kappa shape index (κ3) is 3.32. The lowest BCUT2D eigenvalue weighted by molar-refractivity contribution is 0.150. The number of benzene rings is 1. The number of pyridine rings is 1. The summed E-state index contributed by atoms with van der Waals surface area (Å²) in [7, 11) is 0. The molecule has 0 aliphatic rings. The molecule has 4 nitrogen and oxygen atoms in total. The van der Waals surface area contributed by atoms with E-state index in [2.05, 4.69) is 15.2 Å². The van der Waals surface area contributed by atoms with Crippen molar-refractivity contribution in [2.45, 2.75) is 17.1 Å². The molecule has 0 saturated heterocycles. The Morgan fingerprint density at radius 3 is 2.69 bits per heavy atom. The van der Waals surface area contributed by atoms with Gasteiger partial charge in [-0.2, -0.15) is 0 Å². The van der Waals surface area contributed by atoms with Gasteiger partial charge in [0.15, 0.2) is 21.5 Å². The van der Waals surface area contributed by atoms with Crippen molar-refractivity contribution >= 4 is 28.7 Å². The van der Waals surface area contributed by atoms with Gasteiger partial charge in [-0.1, -0.05) is 41.7 Å². The fourth-order valence-corrected chi connectivity index (χ4v) is 4.03. The lowest BCUT2D eigenvalue weighted by atomic mass is 10.2. The van der Waals surface area contributed by atoms with Crippen LogP contribution in [0.15, 0.2) is 53.7 Å². The first kappa shape index (κ1) is 17.0. The lowest BCUT2D eigenvalue weighted by Gasteiger charge is -2.05. The molecule has 0 radical (unpaired) electrons. The highest BCUT2D eigenvalue weighted by Gasteiger charge is 2.18. The minimum absolute atomic E-state index is 0.123. The third-order valence-corrected chi connectivity index (χ3v) is 5.62. The molecule has 4 aromatic rings. The molecule has 26 heavy (non-hydrogen) atoms. The van der Waals surface area contributed by atoms with Gasteiger partial charge >= 0.3 is 0 Å². The first-order valence-electron chi connectivity index (χ1n) is 7.57. The molecule has 0 aliphatic heterocycles. The summed E-state index contributed by atoms with van der Waals surface area (Å²) in [6, 6.07) is 11.3. The van der Waals surface area contributed by atoms with E-state index in [4.69, 9.17) is 0 Å². The zero-order chi connectivity index (χ0) is 18.1. The molecule has 132 valence electrons. The van der Waals surface area contributed by atoms with Crippen LogP contribution >= 0.6 is 23.1 Å². The first-order valence-corrected chi connectivity index (χ1v) is 9.37. The van der Waals surface area contributed by atoms with Gasteiger partial charge < -0.3 is 0 Å². The molecule has 0 N–H and O–H groups in total. The van der Waals surface area contributed by atoms with Gasteiger partial charge in [-0.15, -0.1) is 22.0 Å². The average Bonchev–Trinajstić information content (AvgIpc) is 3.28. The number of hydrogen-bond donors (Lipinski definition) is 0. The summed E-state index contributed by atoms with van der Waals surface area (Å²) < 4.78 is 41.4. The fraction of sp³-hybridized carbons (Fsp3) is 0.118. The number of rotatable bonds is 5. The second kappa shape index (κ2) is 7.08. The van der Waals surface area contributed by atoms with Crippen LogP contribution in [0.3, 0.4) is 0 Å². The monoisotopic (exact) mass is 392 g/mol. The summed E-state index contributed by atoms with van der Waals surface area (Å²) >= 11 is 2.25. The van der Waals surface area contributed by atoms with Gasteiger partial charge in [-0.25, -0.2) is 18.2 Å². The van der Waals surface area contributed by atoms with E-state index in [0.29, 0.717) is 16.3 Å². The molecular formula is C17H11F3N4S2. The minimum atomic E-state index is -2.69. The predicted octanol–water partition coefficient (Wildman–Crippen LogP) is 5.22. The Kier molecular flexibility index (Phi) is 4.64. The number of alkyl halides is 2. The molecule has 9 heteroatoms. The minimum Gasteiger partial charge on any atom is -0.294 e. The van der Waals surface area contributed by atoms with Gasteiger partial charge in [0.05, 0.1) is 6.20 Å². The van der Waals surface area contributed by atoms with Gasteiger partial charge in [0.1, 0.15) is 5.69 Å². The van der Waals surface area contributed by atoms with Crippen molar-refractivity contribution in [3.05, 3.63) is 65.2 Å². The molecule has 0 unspecified atom stereocenters. The summed E-state index contributed by atoms with van der Waals surface area (Å²) in [4.78, 5) is 4.74. The maximum Gasteiger partial charge on any atom is 0.291 e. The Balaban J connectivity index is 1.68. The lowest BCUT2D eigenvalue weighted by Crippen LogP contribution is -1.93. The highest BCUT2D eigenvalue weighted by atomic mass is 32.2. The summed E-state index contributed by atoms with van der Waals surface area (Å²) in [5.41, 5.74) is 1.68.